The number of ether oxygens (including phenoxy) is 1. The summed E-state index contributed by atoms with van der Waals surface area (Å²) in [4.78, 5) is 22.5. The van der Waals surface area contributed by atoms with Gasteiger partial charge >= 0.3 is 10.1 Å². The van der Waals surface area contributed by atoms with Crippen molar-refractivity contribution in [3.63, 3.8) is 0 Å². The Kier molecular flexibility index (Phi) is 8.73. The molecule has 0 aliphatic carbocycles. The first kappa shape index (κ1) is 27.5. The minimum atomic E-state index is -4.35. The van der Waals surface area contributed by atoms with Crippen LogP contribution in [0.4, 0.5) is 11.4 Å². The number of rotatable bonds is 9. The summed E-state index contributed by atoms with van der Waals surface area (Å²) in [6, 6.07) is 14.5. The highest BCUT2D eigenvalue weighted by Crippen LogP contribution is 2.32. The molecule has 10 nitrogen and oxygen atoms in total. The lowest BCUT2D eigenvalue weighted by Gasteiger charge is -2.13. The molecule has 0 aliphatic rings. The largest absolute Gasteiger partial charge is 0.490 e. The zero-order valence-corrected chi connectivity index (χ0v) is 21.3. The third kappa shape index (κ3) is 6.98. The second kappa shape index (κ2) is 11.7. The Labute approximate surface area is 221 Å². The first-order valence-corrected chi connectivity index (χ1v) is 12.5. The van der Waals surface area contributed by atoms with Crippen LogP contribution in [0.3, 0.4) is 0 Å². The van der Waals surface area contributed by atoms with E-state index < -0.39 is 20.9 Å². The molecule has 0 unspecified atom stereocenters. The molecule has 0 aromatic heterocycles. The van der Waals surface area contributed by atoms with E-state index in [1.807, 2.05) is 0 Å². The van der Waals surface area contributed by atoms with Gasteiger partial charge in [-0.2, -0.15) is 13.7 Å². The molecule has 3 aromatic carbocycles. The molecular formula is C24H17Cl2N3O7S. The van der Waals surface area contributed by atoms with Crippen molar-refractivity contribution < 1.29 is 27.1 Å². The van der Waals surface area contributed by atoms with Crippen LogP contribution < -0.4 is 14.2 Å². The number of amides is 1. The molecule has 1 amide bonds. The van der Waals surface area contributed by atoms with Gasteiger partial charge in [-0.25, -0.2) is 0 Å². The van der Waals surface area contributed by atoms with E-state index >= 15 is 0 Å². The molecule has 0 atom stereocenters. The number of nitro groups is 1. The quantitative estimate of drug-likeness (QED) is 0.116. The van der Waals surface area contributed by atoms with E-state index in [0.717, 1.165) is 24.3 Å². The number of carbonyl (C=O) groups is 1. The van der Waals surface area contributed by atoms with Gasteiger partial charge in [0.2, 0.25) is 0 Å². The van der Waals surface area contributed by atoms with E-state index in [1.54, 1.807) is 19.1 Å². The number of anilines is 1. The second-order valence-corrected chi connectivity index (χ2v) is 9.57. The van der Waals surface area contributed by atoms with Crippen molar-refractivity contribution in [1.29, 1.82) is 5.26 Å². The number of carbonyl (C=O) groups excluding carboxylic acids is 1. The fraction of sp³-hybridized carbons (Fsp3) is 0.0833. The summed E-state index contributed by atoms with van der Waals surface area (Å²) in [5, 5.41) is 23.4. The third-order valence-corrected chi connectivity index (χ3v) is 6.47. The van der Waals surface area contributed by atoms with E-state index in [2.05, 4.69) is 5.32 Å². The Morgan fingerprint density at radius 3 is 2.43 bits per heavy atom. The van der Waals surface area contributed by atoms with Gasteiger partial charge in [-0.05, 0) is 61.0 Å². The van der Waals surface area contributed by atoms with E-state index in [4.69, 9.17) is 32.1 Å². The van der Waals surface area contributed by atoms with E-state index in [9.17, 15) is 28.6 Å². The van der Waals surface area contributed by atoms with Crippen LogP contribution in [0.25, 0.3) is 6.08 Å². The summed E-state index contributed by atoms with van der Waals surface area (Å²) >= 11 is 12.0. The third-order valence-electron chi connectivity index (χ3n) is 4.66. The summed E-state index contributed by atoms with van der Waals surface area (Å²) in [6.07, 6.45) is 1.27. The number of benzene rings is 3. The summed E-state index contributed by atoms with van der Waals surface area (Å²) in [7, 11) is -4.35. The van der Waals surface area contributed by atoms with Crippen molar-refractivity contribution in [3.8, 4) is 17.6 Å². The molecular weight excluding hydrogens is 545 g/mol. The number of hydrogen-bond acceptors (Lipinski definition) is 8. The van der Waals surface area contributed by atoms with Crippen LogP contribution in [0, 0.1) is 21.4 Å². The number of halogens is 2. The highest BCUT2D eigenvalue weighted by atomic mass is 35.5. The first-order chi connectivity index (χ1) is 17.5. The number of nitriles is 1. The van der Waals surface area contributed by atoms with Crippen molar-refractivity contribution in [2.45, 2.75) is 11.8 Å². The fourth-order valence-electron chi connectivity index (χ4n) is 2.95. The van der Waals surface area contributed by atoms with Crippen molar-refractivity contribution >= 4 is 56.7 Å². The molecule has 37 heavy (non-hydrogen) atoms. The Morgan fingerprint density at radius 2 is 1.81 bits per heavy atom. The molecule has 0 bridgehead atoms. The molecule has 0 radical (unpaired) electrons. The molecule has 0 saturated heterocycles. The van der Waals surface area contributed by atoms with Crippen LogP contribution >= 0.6 is 23.2 Å². The Hall–Kier alpha value is -4.11. The van der Waals surface area contributed by atoms with Crippen LogP contribution in [0.1, 0.15) is 12.5 Å². The maximum Gasteiger partial charge on any atom is 0.339 e. The lowest BCUT2D eigenvalue weighted by molar-refractivity contribution is -0.384. The van der Waals surface area contributed by atoms with Gasteiger partial charge in [0, 0.05) is 17.2 Å². The summed E-state index contributed by atoms with van der Waals surface area (Å²) in [5.41, 5.74) is 0.00803. The minimum Gasteiger partial charge on any atom is -0.490 e. The molecule has 13 heteroatoms. The standard InChI is InChI=1S/C24H17Cl2N3O7S/c1-2-35-23-12-15(11-16(14-27)24(30)28-21-13-17(25)4-9-20(21)26)3-10-22(23)36-37(33,34)19-7-5-18(6-8-19)29(31)32/h3-13H,2H2,1H3,(H,28,30)/b16-11-. The molecule has 190 valence electrons. The molecule has 1 N–H and O–H groups in total. The number of nitrogens with zero attached hydrogens (tertiary/aromatic N) is 2. The lowest BCUT2D eigenvalue weighted by Crippen LogP contribution is -2.14. The summed E-state index contributed by atoms with van der Waals surface area (Å²) in [6.45, 7) is 1.82. The van der Waals surface area contributed by atoms with Gasteiger partial charge in [-0.15, -0.1) is 0 Å². The number of nitro benzene ring substituents is 1. The smallest absolute Gasteiger partial charge is 0.339 e. The number of hydrogen-bond donors (Lipinski definition) is 1. The van der Waals surface area contributed by atoms with Gasteiger partial charge in [0.15, 0.2) is 11.5 Å². The van der Waals surface area contributed by atoms with Crippen LogP contribution in [-0.2, 0) is 14.9 Å². The van der Waals surface area contributed by atoms with E-state index in [0.29, 0.717) is 10.6 Å². The second-order valence-electron chi connectivity index (χ2n) is 7.18. The molecule has 0 fully saturated rings. The zero-order valence-electron chi connectivity index (χ0n) is 19.0. The molecule has 3 aromatic rings. The van der Waals surface area contributed by atoms with Crippen molar-refractivity contribution in [1.82, 2.24) is 0 Å². The molecule has 0 aliphatic heterocycles. The zero-order chi connectivity index (χ0) is 27.2. The predicted octanol–water partition coefficient (Wildman–Crippen LogP) is 5.61. The van der Waals surface area contributed by atoms with Crippen LogP contribution in [0.5, 0.6) is 11.5 Å². The highest BCUT2D eigenvalue weighted by molar-refractivity contribution is 7.87. The van der Waals surface area contributed by atoms with Crippen LogP contribution in [0.15, 0.2) is 71.1 Å². The SMILES string of the molecule is CCOc1cc(/C=C(/C#N)C(=O)Nc2cc(Cl)ccc2Cl)ccc1OS(=O)(=O)c1ccc([N+](=O)[O-])cc1. The molecule has 3 rings (SSSR count). The van der Waals surface area contributed by atoms with Gasteiger partial charge in [0.25, 0.3) is 11.6 Å². The molecule has 0 spiro atoms. The minimum absolute atomic E-state index is 0.0253. The van der Waals surface area contributed by atoms with E-state index in [-0.39, 0.29) is 45.0 Å². The first-order valence-electron chi connectivity index (χ1n) is 10.4. The van der Waals surface area contributed by atoms with Crippen molar-refractivity contribution in [2.75, 3.05) is 11.9 Å². The van der Waals surface area contributed by atoms with Gasteiger partial charge < -0.3 is 14.2 Å². The van der Waals surface area contributed by atoms with Crippen LogP contribution in [0.2, 0.25) is 10.0 Å². The average Bonchev–Trinajstić information content (AvgIpc) is 2.86. The monoisotopic (exact) mass is 561 g/mol. The highest BCUT2D eigenvalue weighted by Gasteiger charge is 2.21. The maximum atomic E-state index is 12.7. The number of non-ortho nitro benzene ring substituents is 1. The van der Waals surface area contributed by atoms with Crippen molar-refractivity contribution in [3.05, 3.63) is 92.0 Å². The Morgan fingerprint density at radius 1 is 1.11 bits per heavy atom. The van der Waals surface area contributed by atoms with Gasteiger partial charge in [-0.3, -0.25) is 14.9 Å². The maximum absolute atomic E-state index is 12.7. The van der Waals surface area contributed by atoms with Crippen molar-refractivity contribution in [2.24, 2.45) is 0 Å². The van der Waals surface area contributed by atoms with Gasteiger partial charge in [-0.1, -0.05) is 29.3 Å². The Balaban J connectivity index is 1.88. The summed E-state index contributed by atoms with van der Waals surface area (Å²) < 4.78 is 36.1. The van der Waals surface area contributed by atoms with Gasteiger partial charge in [0.1, 0.15) is 16.5 Å². The number of nitrogens with one attached hydrogen (secondary N) is 1. The van der Waals surface area contributed by atoms with E-state index in [1.165, 1.54) is 36.4 Å². The topological polar surface area (TPSA) is 149 Å². The molecule has 0 saturated carbocycles. The predicted molar refractivity (Wildman–Crippen MR) is 137 cm³/mol. The van der Waals surface area contributed by atoms with Crippen LogP contribution in [-0.4, -0.2) is 25.9 Å². The average molecular weight is 562 g/mol. The molecule has 0 heterocycles. The normalized spacial score (nSPS) is 11.4. The summed E-state index contributed by atoms with van der Waals surface area (Å²) in [5.74, 6) is -0.881. The Bertz CT molecular complexity index is 1530. The van der Waals surface area contributed by atoms with Gasteiger partial charge in [0.05, 0.1) is 22.2 Å². The fourth-order valence-corrected chi connectivity index (χ4v) is 4.23. The lowest BCUT2D eigenvalue weighted by atomic mass is 10.1.